The summed E-state index contributed by atoms with van der Waals surface area (Å²) in [5, 5.41) is 6.26. The number of hydrogen-bond acceptors (Lipinski definition) is 2. The van der Waals surface area contributed by atoms with E-state index < -0.39 is 5.91 Å². The third kappa shape index (κ3) is 5.63. The van der Waals surface area contributed by atoms with E-state index in [0.29, 0.717) is 21.3 Å². The van der Waals surface area contributed by atoms with E-state index in [4.69, 9.17) is 35.4 Å². The van der Waals surface area contributed by atoms with E-state index in [2.05, 4.69) is 10.6 Å². The molecule has 0 unspecified atom stereocenters. The molecule has 118 valence electrons. The van der Waals surface area contributed by atoms with Crippen molar-refractivity contribution in [1.29, 1.82) is 0 Å². The van der Waals surface area contributed by atoms with Crippen molar-refractivity contribution in [2.24, 2.45) is 0 Å². The Labute approximate surface area is 148 Å². The Morgan fingerprint density at radius 3 is 2.48 bits per heavy atom. The molecule has 2 N–H and O–H groups in total. The van der Waals surface area contributed by atoms with Crippen LogP contribution in [0.1, 0.15) is 5.56 Å². The van der Waals surface area contributed by atoms with E-state index in [1.54, 1.807) is 36.4 Å². The third-order valence-electron chi connectivity index (χ3n) is 2.71. The molecule has 0 heterocycles. The number of hydrogen-bond donors (Lipinski definition) is 2. The Kier molecular flexibility index (Phi) is 6.10. The highest BCUT2D eigenvalue weighted by atomic mass is 35.5. The maximum atomic E-state index is 12.8. The van der Waals surface area contributed by atoms with Crippen LogP contribution in [0.25, 0.3) is 6.08 Å². The van der Waals surface area contributed by atoms with Gasteiger partial charge in [-0.3, -0.25) is 10.1 Å². The van der Waals surface area contributed by atoms with Gasteiger partial charge in [0.25, 0.3) is 0 Å². The second kappa shape index (κ2) is 8.06. The van der Waals surface area contributed by atoms with Crippen LogP contribution in [-0.4, -0.2) is 11.0 Å². The van der Waals surface area contributed by atoms with Gasteiger partial charge in [-0.1, -0.05) is 35.3 Å². The van der Waals surface area contributed by atoms with Crippen molar-refractivity contribution < 1.29 is 9.18 Å². The summed E-state index contributed by atoms with van der Waals surface area (Å²) in [7, 11) is 0. The van der Waals surface area contributed by atoms with Crippen molar-refractivity contribution in [3.8, 4) is 0 Å². The molecule has 1 amide bonds. The number of benzene rings is 2. The molecule has 0 aliphatic carbocycles. The zero-order valence-corrected chi connectivity index (χ0v) is 14.0. The van der Waals surface area contributed by atoms with Crippen LogP contribution < -0.4 is 10.6 Å². The van der Waals surface area contributed by atoms with Crippen LogP contribution in [0, 0.1) is 5.82 Å². The summed E-state index contributed by atoms with van der Waals surface area (Å²) in [6.45, 7) is 0. The first-order valence-corrected chi connectivity index (χ1v) is 7.61. The van der Waals surface area contributed by atoms with E-state index in [9.17, 15) is 9.18 Å². The smallest absolute Gasteiger partial charge is 0.250 e. The van der Waals surface area contributed by atoms with Crippen molar-refractivity contribution in [1.82, 2.24) is 5.32 Å². The molecule has 0 aromatic heterocycles. The molecule has 0 saturated heterocycles. The van der Waals surface area contributed by atoms with E-state index in [-0.39, 0.29) is 10.9 Å². The lowest BCUT2D eigenvalue weighted by Gasteiger charge is -2.09. The fourth-order valence-electron chi connectivity index (χ4n) is 1.64. The summed E-state index contributed by atoms with van der Waals surface area (Å²) >= 11 is 16.8. The lowest BCUT2D eigenvalue weighted by atomic mass is 10.2. The maximum absolute atomic E-state index is 12.8. The second-order valence-electron chi connectivity index (χ2n) is 4.45. The second-order valence-corrected chi connectivity index (χ2v) is 5.70. The first kappa shape index (κ1) is 17.4. The predicted molar refractivity (Wildman–Crippen MR) is 96.3 cm³/mol. The zero-order valence-electron chi connectivity index (χ0n) is 11.6. The average Bonchev–Trinajstić information content (AvgIpc) is 2.49. The topological polar surface area (TPSA) is 41.1 Å². The van der Waals surface area contributed by atoms with E-state index in [1.165, 1.54) is 18.2 Å². The number of anilines is 1. The number of carbonyl (C=O) groups excluding carboxylic acids is 1. The molecule has 2 aromatic rings. The molecule has 3 nitrogen and oxygen atoms in total. The number of rotatable bonds is 3. The minimum atomic E-state index is -0.420. The third-order valence-corrected chi connectivity index (χ3v) is 3.47. The molecule has 7 heteroatoms. The van der Waals surface area contributed by atoms with Gasteiger partial charge in [-0.25, -0.2) is 4.39 Å². The number of nitrogens with one attached hydrogen (secondary N) is 2. The molecule has 23 heavy (non-hydrogen) atoms. The maximum Gasteiger partial charge on any atom is 0.250 e. The van der Waals surface area contributed by atoms with Gasteiger partial charge in [-0.2, -0.15) is 0 Å². The highest BCUT2D eigenvalue weighted by Crippen LogP contribution is 2.25. The molecule has 0 atom stereocenters. The van der Waals surface area contributed by atoms with Gasteiger partial charge in [0, 0.05) is 11.1 Å². The minimum Gasteiger partial charge on any atom is -0.331 e. The van der Waals surface area contributed by atoms with Gasteiger partial charge in [0.1, 0.15) is 5.82 Å². The van der Waals surface area contributed by atoms with Crippen LogP contribution >= 0.6 is 35.4 Å². The molecular weight excluding hydrogens is 358 g/mol. The van der Waals surface area contributed by atoms with Crippen molar-refractivity contribution in [3.05, 3.63) is 70.0 Å². The summed E-state index contributed by atoms with van der Waals surface area (Å²) in [6.07, 6.45) is 2.84. The largest absolute Gasteiger partial charge is 0.331 e. The molecule has 0 aliphatic heterocycles. The van der Waals surface area contributed by atoms with Crippen LogP contribution in [0.15, 0.2) is 48.5 Å². The van der Waals surface area contributed by atoms with Gasteiger partial charge in [0.15, 0.2) is 5.11 Å². The number of halogens is 3. The first-order chi connectivity index (χ1) is 10.9. The average molecular weight is 369 g/mol. The van der Waals surface area contributed by atoms with Gasteiger partial charge < -0.3 is 5.32 Å². The number of amides is 1. The van der Waals surface area contributed by atoms with Crippen molar-refractivity contribution in [2.45, 2.75) is 0 Å². The number of thiocarbonyl (C=S) groups is 1. The summed E-state index contributed by atoms with van der Waals surface area (Å²) in [5.41, 5.74) is 1.23. The molecule has 0 radical (unpaired) electrons. The molecule has 0 aliphatic rings. The molecule has 0 spiro atoms. The Bertz CT molecular complexity index is 763. The summed E-state index contributed by atoms with van der Waals surface area (Å²) in [4.78, 5) is 11.8. The lowest BCUT2D eigenvalue weighted by molar-refractivity contribution is -0.115. The number of carbonyl (C=O) groups is 1. The van der Waals surface area contributed by atoms with Gasteiger partial charge in [0.05, 0.1) is 10.7 Å². The summed E-state index contributed by atoms with van der Waals surface area (Å²) in [6, 6.07) is 10.6. The molecule has 2 aromatic carbocycles. The lowest BCUT2D eigenvalue weighted by Crippen LogP contribution is -2.32. The predicted octanol–water partition coefficient (Wildman–Crippen LogP) is 4.66. The Balaban J connectivity index is 1.91. The molecule has 0 fully saturated rings. The molecule has 0 saturated carbocycles. The van der Waals surface area contributed by atoms with Crippen molar-refractivity contribution in [3.63, 3.8) is 0 Å². The fourth-order valence-corrected chi connectivity index (χ4v) is 2.31. The molecule has 0 bridgehead atoms. The van der Waals surface area contributed by atoms with Crippen LogP contribution in [0.5, 0.6) is 0 Å². The monoisotopic (exact) mass is 368 g/mol. The highest BCUT2D eigenvalue weighted by Gasteiger charge is 2.05. The van der Waals surface area contributed by atoms with Crippen molar-refractivity contribution >= 4 is 58.2 Å². The van der Waals surface area contributed by atoms with Gasteiger partial charge >= 0.3 is 0 Å². The quantitative estimate of drug-likeness (QED) is 0.611. The summed E-state index contributed by atoms with van der Waals surface area (Å²) in [5.74, 6) is -0.756. The van der Waals surface area contributed by atoms with E-state index in [1.807, 2.05) is 0 Å². The Morgan fingerprint density at radius 1 is 1.13 bits per heavy atom. The highest BCUT2D eigenvalue weighted by molar-refractivity contribution is 7.80. The van der Waals surface area contributed by atoms with Gasteiger partial charge in [-0.15, -0.1) is 0 Å². The van der Waals surface area contributed by atoms with E-state index in [0.717, 1.165) is 0 Å². The van der Waals surface area contributed by atoms with Crippen LogP contribution in [0.4, 0.5) is 10.1 Å². The fraction of sp³-hybridized carbons (Fsp3) is 0. The summed E-state index contributed by atoms with van der Waals surface area (Å²) < 4.78 is 12.8. The van der Waals surface area contributed by atoms with Gasteiger partial charge in [-0.05, 0) is 54.2 Å². The van der Waals surface area contributed by atoms with Crippen LogP contribution in [0.3, 0.4) is 0 Å². The Morgan fingerprint density at radius 2 is 1.83 bits per heavy atom. The first-order valence-electron chi connectivity index (χ1n) is 6.45. The van der Waals surface area contributed by atoms with Crippen molar-refractivity contribution in [2.75, 3.05) is 5.32 Å². The van der Waals surface area contributed by atoms with Crippen LogP contribution in [-0.2, 0) is 4.79 Å². The van der Waals surface area contributed by atoms with Crippen LogP contribution in [0.2, 0.25) is 10.0 Å². The molecule has 2 rings (SSSR count). The van der Waals surface area contributed by atoms with E-state index >= 15 is 0 Å². The Hall–Kier alpha value is -1.95. The SMILES string of the molecule is O=C(/C=C/c1ccc(F)cc1)NC(=S)Nc1ccc(Cl)cc1Cl. The minimum absolute atomic E-state index is 0.1000. The van der Waals surface area contributed by atoms with Gasteiger partial charge in [0.2, 0.25) is 5.91 Å². The normalized spacial score (nSPS) is 10.6. The molecular formula is C16H11Cl2FN2OS. The zero-order chi connectivity index (χ0) is 16.8. The standard InChI is InChI=1S/C16H11Cl2FN2OS/c17-11-4-7-14(13(18)9-11)20-16(23)21-15(22)8-3-10-1-5-12(19)6-2-10/h1-9H,(H2,20,21,22,23)/b8-3+.